The van der Waals surface area contributed by atoms with Crippen molar-refractivity contribution in [1.82, 2.24) is 29.7 Å². The molecular formula is C34H33N7O2S2. The Kier molecular flexibility index (Phi) is 8.55. The summed E-state index contributed by atoms with van der Waals surface area (Å²) in [7, 11) is 0. The molecule has 0 bridgehead atoms. The number of urea groups is 1. The fourth-order valence-corrected chi connectivity index (χ4v) is 6.12. The number of phenolic OH excluding ortho intramolecular Hbond substituents is 1. The summed E-state index contributed by atoms with van der Waals surface area (Å²) in [5, 5.41) is 29.6. The third-order valence-electron chi connectivity index (χ3n) is 7.55. The van der Waals surface area contributed by atoms with E-state index in [0.29, 0.717) is 18.1 Å². The maximum atomic E-state index is 13.2. The van der Waals surface area contributed by atoms with E-state index in [9.17, 15) is 9.90 Å². The molecular weight excluding hydrogens is 603 g/mol. The number of aromatic hydroxyl groups is 1. The highest BCUT2D eigenvalue weighted by atomic mass is 32.2. The van der Waals surface area contributed by atoms with E-state index in [-0.39, 0.29) is 16.5 Å². The summed E-state index contributed by atoms with van der Waals surface area (Å²) in [6.07, 6.45) is 4.07. The molecule has 3 aromatic carbocycles. The zero-order chi connectivity index (χ0) is 31.6. The molecule has 0 aliphatic carbocycles. The van der Waals surface area contributed by atoms with E-state index in [0.717, 1.165) is 43.6 Å². The molecule has 0 aliphatic rings. The maximum absolute atomic E-state index is 13.2. The summed E-state index contributed by atoms with van der Waals surface area (Å²) in [4.78, 5) is 15.3. The van der Waals surface area contributed by atoms with E-state index in [4.69, 9.17) is 5.10 Å². The van der Waals surface area contributed by atoms with Gasteiger partial charge in [-0.15, -0.1) is 10.2 Å². The zero-order valence-corrected chi connectivity index (χ0v) is 27.0. The largest absolute Gasteiger partial charge is 0.508 e. The number of phenols is 1. The molecule has 0 aliphatic heterocycles. The molecule has 0 atom stereocenters. The summed E-state index contributed by atoms with van der Waals surface area (Å²) >= 11 is 3.28. The summed E-state index contributed by atoms with van der Waals surface area (Å²) in [5.74, 6) is 1.42. The van der Waals surface area contributed by atoms with Crippen LogP contribution in [0.2, 0.25) is 0 Å². The van der Waals surface area contributed by atoms with E-state index in [1.165, 1.54) is 0 Å². The van der Waals surface area contributed by atoms with Crippen LogP contribution in [0.4, 0.5) is 10.6 Å². The predicted octanol–water partition coefficient (Wildman–Crippen LogP) is 7.67. The average Bonchev–Trinajstić information content (AvgIpc) is 3.66. The fourth-order valence-electron chi connectivity index (χ4n) is 4.84. The number of hydrogen-bond acceptors (Lipinski definition) is 7. The van der Waals surface area contributed by atoms with Gasteiger partial charge in [-0.1, -0.05) is 60.3 Å². The van der Waals surface area contributed by atoms with Gasteiger partial charge >= 0.3 is 6.03 Å². The van der Waals surface area contributed by atoms with E-state index in [2.05, 4.69) is 59.9 Å². The minimum absolute atomic E-state index is 0.119. The van der Waals surface area contributed by atoms with Crippen LogP contribution in [0.25, 0.3) is 22.7 Å². The van der Waals surface area contributed by atoms with Crippen molar-refractivity contribution in [1.29, 1.82) is 0 Å². The molecule has 9 nitrogen and oxygen atoms in total. The highest BCUT2D eigenvalue weighted by Gasteiger charge is 2.25. The molecule has 0 radical (unpaired) electrons. The molecule has 228 valence electrons. The van der Waals surface area contributed by atoms with Crippen molar-refractivity contribution in [2.45, 2.75) is 41.9 Å². The van der Waals surface area contributed by atoms with Crippen LogP contribution in [-0.4, -0.2) is 41.8 Å². The van der Waals surface area contributed by atoms with E-state index < -0.39 is 0 Å². The Morgan fingerprint density at radius 1 is 0.956 bits per heavy atom. The van der Waals surface area contributed by atoms with Crippen LogP contribution in [0.15, 0.2) is 107 Å². The lowest BCUT2D eigenvalue weighted by Crippen LogP contribution is -2.29. The second-order valence-electron chi connectivity index (χ2n) is 11.0. The van der Waals surface area contributed by atoms with Gasteiger partial charge < -0.3 is 10.4 Å². The highest BCUT2D eigenvalue weighted by molar-refractivity contribution is 7.99. The van der Waals surface area contributed by atoms with Crippen molar-refractivity contribution in [2.75, 3.05) is 11.6 Å². The summed E-state index contributed by atoms with van der Waals surface area (Å²) in [5.41, 5.74) is 5.38. The third kappa shape index (κ3) is 6.54. The SMILES string of the molecule is CSC(C)(C)c1cc(NC(=O)NCc2ccccc2Sc2ccc3nnc(-c4ccccc4C)n3c2)n(-c2cccc(O)c2)n1. The molecule has 0 unspecified atom stereocenters. The summed E-state index contributed by atoms with van der Waals surface area (Å²) < 4.78 is 3.38. The zero-order valence-electron chi connectivity index (χ0n) is 25.4. The monoisotopic (exact) mass is 635 g/mol. The first kappa shape index (κ1) is 30.3. The second-order valence-corrected chi connectivity index (χ2v) is 13.6. The molecule has 45 heavy (non-hydrogen) atoms. The Balaban J connectivity index is 1.20. The number of carbonyl (C=O) groups excluding carboxylic acids is 1. The van der Waals surface area contributed by atoms with Gasteiger partial charge in [0, 0.05) is 40.2 Å². The van der Waals surface area contributed by atoms with Gasteiger partial charge in [0.25, 0.3) is 0 Å². The Hall–Kier alpha value is -4.74. The molecule has 6 aromatic rings. The normalized spacial score (nSPS) is 11.6. The van der Waals surface area contributed by atoms with Gasteiger partial charge in [0.15, 0.2) is 11.5 Å². The molecule has 3 aromatic heterocycles. The number of nitrogens with one attached hydrogen (secondary N) is 2. The number of hydrogen-bond donors (Lipinski definition) is 3. The summed E-state index contributed by atoms with van der Waals surface area (Å²) in [6.45, 7) is 6.55. The molecule has 0 spiro atoms. The minimum atomic E-state index is -0.363. The first-order valence-electron chi connectivity index (χ1n) is 14.4. The van der Waals surface area contributed by atoms with Crippen LogP contribution < -0.4 is 10.6 Å². The number of aryl methyl sites for hydroxylation is 1. The van der Waals surface area contributed by atoms with Crippen molar-refractivity contribution in [2.24, 2.45) is 0 Å². The lowest BCUT2D eigenvalue weighted by Gasteiger charge is -2.18. The van der Waals surface area contributed by atoms with Crippen LogP contribution in [-0.2, 0) is 11.3 Å². The molecule has 11 heteroatoms. The number of carbonyl (C=O) groups is 1. The van der Waals surface area contributed by atoms with Crippen molar-refractivity contribution in [3.8, 4) is 22.8 Å². The minimum Gasteiger partial charge on any atom is -0.508 e. The number of aromatic nitrogens is 5. The topological polar surface area (TPSA) is 109 Å². The maximum Gasteiger partial charge on any atom is 0.320 e. The Bertz CT molecular complexity index is 2000. The number of pyridine rings is 1. The first-order valence-corrected chi connectivity index (χ1v) is 16.4. The van der Waals surface area contributed by atoms with Gasteiger partial charge in [0.2, 0.25) is 0 Å². The van der Waals surface area contributed by atoms with E-state index in [1.807, 2.05) is 71.3 Å². The van der Waals surface area contributed by atoms with Gasteiger partial charge in [0.1, 0.15) is 11.6 Å². The number of amides is 2. The van der Waals surface area contributed by atoms with E-state index in [1.54, 1.807) is 46.4 Å². The molecule has 3 N–H and O–H groups in total. The van der Waals surface area contributed by atoms with Gasteiger partial charge in [-0.2, -0.15) is 16.9 Å². The van der Waals surface area contributed by atoms with Crippen molar-refractivity contribution in [3.05, 3.63) is 114 Å². The van der Waals surface area contributed by atoms with Crippen LogP contribution in [0.5, 0.6) is 5.75 Å². The fraction of sp³-hybridized carbons (Fsp3) is 0.176. The second kappa shape index (κ2) is 12.7. The molecule has 0 saturated heterocycles. The van der Waals surface area contributed by atoms with Gasteiger partial charge in [-0.3, -0.25) is 9.72 Å². The van der Waals surface area contributed by atoms with Crippen molar-refractivity contribution >= 4 is 41.0 Å². The number of anilines is 1. The van der Waals surface area contributed by atoms with Crippen LogP contribution in [0.3, 0.4) is 0 Å². The van der Waals surface area contributed by atoms with Crippen LogP contribution in [0, 0.1) is 6.92 Å². The molecule has 2 amide bonds. The first-order chi connectivity index (χ1) is 21.7. The molecule has 0 fully saturated rings. The van der Waals surface area contributed by atoms with Crippen molar-refractivity contribution in [3.63, 3.8) is 0 Å². The number of fused-ring (bicyclic) bond motifs is 1. The van der Waals surface area contributed by atoms with Gasteiger partial charge in [-0.05, 0) is 68.5 Å². The summed E-state index contributed by atoms with van der Waals surface area (Å²) in [6, 6.07) is 28.5. The number of benzene rings is 3. The van der Waals surface area contributed by atoms with Crippen molar-refractivity contribution < 1.29 is 9.90 Å². The quantitative estimate of drug-likeness (QED) is 0.150. The number of rotatable bonds is 9. The molecule has 6 rings (SSSR count). The standard InChI is InChI=1S/C34H33N7O2S2/c1-22-10-5-7-14-27(22)32-38-37-30-17-16-26(21-40(30)32)45-28-15-8-6-11-23(28)20-35-33(43)36-31-19-29(34(2,3)44-4)39-41(31)24-12-9-13-25(42)18-24/h5-19,21,42H,20H2,1-4H3,(H2,35,36,43). The average molecular weight is 636 g/mol. The highest BCUT2D eigenvalue weighted by Crippen LogP contribution is 2.35. The Morgan fingerprint density at radius 3 is 2.56 bits per heavy atom. The number of nitrogens with zero attached hydrogens (tertiary/aromatic N) is 5. The number of thioether (sulfide) groups is 1. The Morgan fingerprint density at radius 2 is 1.76 bits per heavy atom. The van der Waals surface area contributed by atoms with E-state index >= 15 is 0 Å². The molecule has 0 saturated carbocycles. The lowest BCUT2D eigenvalue weighted by atomic mass is 10.1. The Labute approximate surface area is 270 Å². The lowest BCUT2D eigenvalue weighted by molar-refractivity contribution is 0.251. The smallest absolute Gasteiger partial charge is 0.320 e. The third-order valence-corrected chi connectivity index (χ3v) is 9.88. The van der Waals surface area contributed by atoms with Crippen LogP contribution >= 0.6 is 23.5 Å². The van der Waals surface area contributed by atoms with Crippen LogP contribution in [0.1, 0.15) is 30.7 Å². The van der Waals surface area contributed by atoms with Gasteiger partial charge in [-0.25, -0.2) is 9.48 Å². The molecule has 3 heterocycles. The predicted molar refractivity (Wildman–Crippen MR) is 181 cm³/mol. The van der Waals surface area contributed by atoms with Gasteiger partial charge in [0.05, 0.1) is 16.1 Å².